The van der Waals surface area contributed by atoms with Crippen LogP contribution in [0.4, 0.5) is 11.4 Å². The third-order valence-corrected chi connectivity index (χ3v) is 7.73. The molecule has 0 saturated carbocycles. The molecule has 0 aromatic heterocycles. The molecule has 4 bridgehead atoms. The first-order valence-corrected chi connectivity index (χ1v) is 9.81. The maximum absolute atomic E-state index is 3.95. The second-order valence-corrected chi connectivity index (χ2v) is 8.59. The molecule has 0 radical (unpaired) electrons. The van der Waals surface area contributed by atoms with Crippen LogP contribution < -0.4 is 10.6 Å². The first kappa shape index (κ1) is 15.1. The molecule has 0 amide bonds. The summed E-state index contributed by atoms with van der Waals surface area (Å²) in [5, 5.41) is 7.91. The Bertz CT molecular complexity index is 822. The molecule has 4 aliphatic rings. The minimum atomic E-state index is 0.105. The normalized spacial score (nSPS) is 37.6. The number of nitrogens with one attached hydrogen (secondary N) is 2. The molecule has 134 valence electrons. The number of hydrogen-bond donors (Lipinski definition) is 2. The first-order chi connectivity index (χ1) is 12.7. The van der Waals surface area contributed by atoms with Crippen molar-refractivity contribution in [2.75, 3.05) is 37.8 Å². The van der Waals surface area contributed by atoms with Gasteiger partial charge in [0.05, 0.1) is 12.3 Å². The summed E-state index contributed by atoms with van der Waals surface area (Å²) < 4.78 is 0. The number of fused-ring (bicyclic) bond motifs is 2. The van der Waals surface area contributed by atoms with Gasteiger partial charge in [0, 0.05) is 35.3 Å². The zero-order chi connectivity index (χ0) is 17.5. The number of rotatable bonds is 0. The van der Waals surface area contributed by atoms with Crippen LogP contribution in [0, 0.1) is 0 Å². The topological polar surface area (TPSA) is 30.5 Å². The SMILES string of the molecule is CN1CC[C@]23c4ccccc4N[C@H]1[C@@]21CCN(C)[C@@H]3Nc2ccccc21. The molecule has 0 aliphatic carbocycles. The van der Waals surface area contributed by atoms with Crippen molar-refractivity contribution < 1.29 is 0 Å². The van der Waals surface area contributed by atoms with Gasteiger partial charge in [0.2, 0.25) is 0 Å². The lowest BCUT2D eigenvalue weighted by molar-refractivity contribution is -0.0691. The Hall–Kier alpha value is -2.04. The third kappa shape index (κ3) is 1.47. The average molecular weight is 346 g/mol. The molecule has 4 atom stereocenters. The third-order valence-electron chi connectivity index (χ3n) is 7.73. The average Bonchev–Trinajstić information content (AvgIpc) is 2.67. The summed E-state index contributed by atoms with van der Waals surface area (Å²) in [5.41, 5.74) is 5.86. The molecule has 2 N–H and O–H groups in total. The molecule has 0 unspecified atom stereocenters. The fourth-order valence-corrected chi connectivity index (χ4v) is 6.73. The van der Waals surface area contributed by atoms with Crippen molar-refractivity contribution in [3.8, 4) is 0 Å². The summed E-state index contributed by atoms with van der Waals surface area (Å²) in [6, 6.07) is 18.1. The van der Waals surface area contributed by atoms with Gasteiger partial charge in [-0.3, -0.25) is 9.80 Å². The minimum Gasteiger partial charge on any atom is -0.369 e. The van der Waals surface area contributed by atoms with E-state index >= 15 is 0 Å². The number of benzene rings is 2. The molecule has 4 heterocycles. The van der Waals surface area contributed by atoms with Gasteiger partial charge in [0.15, 0.2) is 0 Å². The van der Waals surface area contributed by atoms with E-state index in [1.807, 2.05) is 0 Å². The summed E-state index contributed by atoms with van der Waals surface area (Å²) in [6.07, 6.45) is 3.06. The number of piperidine rings is 2. The van der Waals surface area contributed by atoms with Gasteiger partial charge in [-0.2, -0.15) is 0 Å². The van der Waals surface area contributed by atoms with E-state index in [1.54, 1.807) is 0 Å². The zero-order valence-corrected chi connectivity index (χ0v) is 15.5. The van der Waals surface area contributed by atoms with Crippen LogP contribution in [-0.2, 0) is 10.8 Å². The smallest absolute Gasteiger partial charge is 0.0901 e. The Morgan fingerprint density at radius 2 is 1.15 bits per heavy atom. The van der Waals surface area contributed by atoms with Crippen LogP contribution in [0.1, 0.15) is 24.0 Å². The van der Waals surface area contributed by atoms with E-state index in [0.717, 1.165) is 13.1 Å². The molecule has 26 heavy (non-hydrogen) atoms. The van der Waals surface area contributed by atoms with Crippen LogP contribution in [0.25, 0.3) is 0 Å². The highest BCUT2D eigenvalue weighted by Gasteiger charge is 2.70. The Kier molecular flexibility index (Phi) is 2.79. The van der Waals surface area contributed by atoms with E-state index < -0.39 is 0 Å². The summed E-state index contributed by atoms with van der Waals surface area (Å²) in [5.74, 6) is 0. The minimum absolute atomic E-state index is 0.105. The monoisotopic (exact) mass is 346 g/mol. The fraction of sp³-hybridized carbons (Fsp3) is 0.455. The Morgan fingerprint density at radius 1 is 0.731 bits per heavy atom. The molecule has 2 fully saturated rings. The Balaban J connectivity index is 1.75. The van der Waals surface area contributed by atoms with Crippen LogP contribution in [0.3, 0.4) is 0 Å². The number of likely N-dealkylation sites (tertiary alicyclic amines) is 2. The summed E-state index contributed by atoms with van der Waals surface area (Å²) in [7, 11) is 4.59. The Morgan fingerprint density at radius 3 is 1.62 bits per heavy atom. The lowest BCUT2D eigenvalue weighted by Gasteiger charge is -2.71. The first-order valence-electron chi connectivity index (χ1n) is 9.81. The highest BCUT2D eigenvalue weighted by molar-refractivity contribution is 5.72. The second kappa shape index (κ2) is 4.81. The maximum Gasteiger partial charge on any atom is 0.0901 e. The van der Waals surface area contributed by atoms with Gasteiger partial charge in [-0.1, -0.05) is 36.4 Å². The van der Waals surface area contributed by atoms with E-state index in [-0.39, 0.29) is 10.8 Å². The number of hydrogen-bond acceptors (Lipinski definition) is 4. The molecule has 2 aromatic rings. The summed E-state index contributed by atoms with van der Waals surface area (Å²) in [4.78, 5) is 5.11. The second-order valence-electron chi connectivity index (χ2n) is 8.59. The van der Waals surface area contributed by atoms with Crippen LogP contribution in [0.2, 0.25) is 0 Å². The van der Waals surface area contributed by atoms with Crippen molar-refractivity contribution in [2.24, 2.45) is 0 Å². The lowest BCUT2D eigenvalue weighted by atomic mass is 9.45. The van der Waals surface area contributed by atoms with E-state index in [4.69, 9.17) is 0 Å². The summed E-state index contributed by atoms with van der Waals surface area (Å²) >= 11 is 0. The zero-order valence-electron chi connectivity index (χ0n) is 15.5. The summed E-state index contributed by atoms with van der Waals surface area (Å²) in [6.45, 7) is 2.25. The van der Waals surface area contributed by atoms with Crippen LogP contribution in [0.5, 0.6) is 0 Å². The van der Waals surface area contributed by atoms with Gasteiger partial charge < -0.3 is 10.6 Å². The van der Waals surface area contributed by atoms with Crippen LogP contribution in [0.15, 0.2) is 48.5 Å². The van der Waals surface area contributed by atoms with E-state index in [2.05, 4.69) is 83.1 Å². The van der Waals surface area contributed by atoms with Crippen molar-refractivity contribution in [3.63, 3.8) is 0 Å². The predicted octanol–water partition coefficient (Wildman–Crippen LogP) is 3.04. The van der Waals surface area contributed by atoms with Crippen molar-refractivity contribution in [1.82, 2.24) is 9.80 Å². The molecular weight excluding hydrogens is 320 g/mol. The van der Waals surface area contributed by atoms with Crippen molar-refractivity contribution in [2.45, 2.75) is 36.0 Å². The standard InChI is InChI=1S/C22H26N4/c1-25-13-11-22-16-8-4-5-9-17(16)23-19(25)21(22)12-14-26(2)20(22)24-18-10-6-3-7-15(18)21/h3-10,19-20,23-24H,11-14H2,1-2H3/t19-,20+,21+,22-. The highest BCUT2D eigenvalue weighted by atomic mass is 15.4. The molecule has 6 rings (SSSR count). The largest absolute Gasteiger partial charge is 0.369 e. The predicted molar refractivity (Wildman–Crippen MR) is 106 cm³/mol. The number of para-hydroxylation sites is 2. The van der Waals surface area contributed by atoms with E-state index in [1.165, 1.54) is 35.3 Å². The molecule has 4 heteroatoms. The molecular formula is C22H26N4. The molecule has 4 aliphatic heterocycles. The van der Waals surface area contributed by atoms with E-state index in [9.17, 15) is 0 Å². The quantitative estimate of drug-likeness (QED) is 0.768. The van der Waals surface area contributed by atoms with Gasteiger partial charge in [0.25, 0.3) is 0 Å². The molecule has 0 spiro atoms. The van der Waals surface area contributed by atoms with Gasteiger partial charge in [-0.15, -0.1) is 0 Å². The van der Waals surface area contributed by atoms with Crippen LogP contribution >= 0.6 is 0 Å². The van der Waals surface area contributed by atoms with Crippen molar-refractivity contribution in [1.29, 1.82) is 0 Å². The number of anilines is 2. The number of likely N-dealkylation sites (N-methyl/N-ethyl adjacent to an activating group) is 2. The molecule has 2 saturated heterocycles. The van der Waals surface area contributed by atoms with Crippen molar-refractivity contribution in [3.05, 3.63) is 59.7 Å². The van der Waals surface area contributed by atoms with Gasteiger partial charge in [-0.05, 0) is 50.2 Å². The number of nitrogens with zero attached hydrogens (tertiary/aromatic N) is 2. The van der Waals surface area contributed by atoms with Crippen molar-refractivity contribution >= 4 is 11.4 Å². The van der Waals surface area contributed by atoms with E-state index in [0.29, 0.717) is 12.3 Å². The molecule has 2 aromatic carbocycles. The van der Waals surface area contributed by atoms with Gasteiger partial charge in [-0.25, -0.2) is 0 Å². The fourth-order valence-electron chi connectivity index (χ4n) is 6.73. The maximum atomic E-state index is 3.95. The highest BCUT2D eigenvalue weighted by Crippen LogP contribution is 2.65. The molecule has 4 nitrogen and oxygen atoms in total. The van der Waals surface area contributed by atoms with Gasteiger partial charge >= 0.3 is 0 Å². The lowest BCUT2D eigenvalue weighted by Crippen LogP contribution is -2.80. The van der Waals surface area contributed by atoms with Crippen LogP contribution in [-0.4, -0.2) is 49.3 Å². The Labute approximate surface area is 155 Å². The van der Waals surface area contributed by atoms with Gasteiger partial charge in [0.1, 0.15) is 0 Å².